The fourth-order valence-electron chi connectivity index (χ4n) is 12.1. The fourth-order valence-corrected chi connectivity index (χ4v) is 12.8. The molecule has 0 bridgehead atoms. The number of nitrogens with zero attached hydrogens (tertiary/aromatic N) is 5. The molecule has 47 heteroatoms. The molecule has 0 aliphatic carbocycles. The van der Waals surface area contributed by atoms with E-state index in [1.54, 1.807) is 27.0 Å². The predicted molar refractivity (Wildman–Crippen MR) is 429 cm³/mol. The molecule has 23 N–H and O–H groups in total. The van der Waals surface area contributed by atoms with Crippen molar-refractivity contribution in [3.05, 3.63) is 78.7 Å². The van der Waals surface area contributed by atoms with Crippen molar-refractivity contribution in [1.82, 2.24) is 58.1 Å². The molecule has 4 rings (SSSR count). The number of carbonyl (C=O) groups excluding carboxylic acids is 11. The molecular formula is C71H104N20O25S2. The molecule has 1 aliphatic heterocycles. The second-order valence-electron chi connectivity index (χ2n) is 27.7. The lowest BCUT2D eigenvalue weighted by molar-refractivity contribution is -0.393. The highest BCUT2D eigenvalue weighted by Gasteiger charge is 2.43. The number of thioether (sulfide) groups is 1. The number of carboxylic acid groups (broad SMARTS) is 3. The molecular weight excluding hydrogens is 1600 g/mol. The summed E-state index contributed by atoms with van der Waals surface area (Å²) < 4.78 is 10.4. The molecule has 3 aromatic rings. The zero-order valence-corrected chi connectivity index (χ0v) is 67.4. The maximum atomic E-state index is 14.7. The minimum atomic E-state index is -2.02. The summed E-state index contributed by atoms with van der Waals surface area (Å²) in [4.78, 5) is 235. The van der Waals surface area contributed by atoms with Gasteiger partial charge in [0.1, 0.15) is 83.5 Å². The lowest BCUT2D eigenvalue weighted by Crippen LogP contribution is -2.62. The second kappa shape index (κ2) is 49.0. The van der Waals surface area contributed by atoms with Crippen LogP contribution in [0.25, 0.3) is 11.0 Å². The van der Waals surface area contributed by atoms with E-state index in [2.05, 4.69) is 81.1 Å². The van der Waals surface area contributed by atoms with Crippen LogP contribution < -0.4 is 91.8 Å². The zero-order valence-electron chi connectivity index (χ0n) is 65.7. The molecule has 0 radical (unpaired) electrons. The van der Waals surface area contributed by atoms with Gasteiger partial charge >= 0.3 is 23.5 Å². The minimum absolute atomic E-state index is 0.000325. The number of methoxy groups -OCH3 is 1. The van der Waals surface area contributed by atoms with E-state index in [0.29, 0.717) is 11.1 Å². The number of nitro benzene ring substituents is 2. The molecule has 1 saturated heterocycles. The van der Waals surface area contributed by atoms with E-state index in [1.165, 1.54) is 44.0 Å². The predicted octanol–water partition coefficient (Wildman–Crippen LogP) is -3.20. The number of rotatable bonds is 52. The highest BCUT2D eigenvalue weighted by molar-refractivity contribution is 7.98. The number of aliphatic imine (C=N–C) groups is 2. The number of anilines is 1. The van der Waals surface area contributed by atoms with Crippen LogP contribution >= 0.6 is 24.4 Å². The Morgan fingerprint density at radius 1 is 0.636 bits per heavy atom. The Morgan fingerprint density at radius 3 is 1.68 bits per heavy atom. The van der Waals surface area contributed by atoms with Gasteiger partial charge in [-0.25, -0.2) is 9.59 Å². The maximum Gasteiger partial charge on any atom is 0.336 e. The van der Waals surface area contributed by atoms with Gasteiger partial charge < -0.3 is 116 Å². The van der Waals surface area contributed by atoms with Gasteiger partial charge in [0, 0.05) is 55.5 Å². The van der Waals surface area contributed by atoms with Crippen LogP contribution in [-0.4, -0.2) is 254 Å². The summed E-state index contributed by atoms with van der Waals surface area (Å²) in [6.45, 7) is 5.01. The summed E-state index contributed by atoms with van der Waals surface area (Å²) in [5.41, 5.74) is 19.8. The molecule has 118 heavy (non-hydrogen) atoms. The number of aliphatic hydroxyl groups is 1. The van der Waals surface area contributed by atoms with Crippen molar-refractivity contribution >= 4 is 147 Å². The van der Waals surface area contributed by atoms with E-state index in [1.807, 2.05) is 0 Å². The number of non-ortho nitro benzene ring substituents is 1. The van der Waals surface area contributed by atoms with Crippen molar-refractivity contribution in [3.63, 3.8) is 0 Å². The quantitative estimate of drug-likeness (QED) is 0.00503. The topological polar surface area (TPSA) is 710 Å². The summed E-state index contributed by atoms with van der Waals surface area (Å²) in [5, 5.41) is 90.9. The van der Waals surface area contributed by atoms with Crippen molar-refractivity contribution in [2.45, 2.75) is 184 Å². The number of guanidine groups is 2. The average Bonchev–Trinajstić information content (AvgIpc) is 1.19. The molecule has 2 heterocycles. The molecule has 0 unspecified atom stereocenters. The Bertz CT molecular complexity index is 4220. The number of amides is 11. The van der Waals surface area contributed by atoms with Crippen molar-refractivity contribution in [2.24, 2.45) is 44.8 Å². The van der Waals surface area contributed by atoms with Crippen LogP contribution in [0.5, 0.6) is 5.75 Å². The third-order valence-corrected chi connectivity index (χ3v) is 19.6. The number of nitrogens with two attached hydrogens (primary N) is 4. The van der Waals surface area contributed by atoms with Crippen molar-refractivity contribution in [2.75, 3.05) is 63.0 Å². The number of benzene rings is 2. The third kappa shape index (κ3) is 31.8. The number of aliphatic carboxylic acids is 3. The summed E-state index contributed by atoms with van der Waals surface area (Å²) in [6.07, 6.45) is -1.23. The SMILES string of the molecule is CC[C@H](C)[C@H](NC(=O)[C@H](CC(=O)O)NC(=O)[C@H](CC(=O)O)NC(=O)Cc1cc(=O)oc2cc(OC)ccc12)C(=O)N[C@H](C(=O)N1CCC[C@H]1C(=O)N[C@@H](CS)C(=O)N[C@@H](CO)C(=O)N[C@@H](CCSC)C(=O)N[C@@H](CCCCNc1ccc([N+](=O)[O-])cc1[N+](=O)[O-])C(=O)N[C@@H](CCCN=C(N)N)C(=O)N[C@@H](CCCN=C(N)N)C(=O)O)C(C)C. The van der Waals surface area contributed by atoms with E-state index in [0.717, 1.165) is 29.2 Å². The largest absolute Gasteiger partial charge is 0.497 e. The van der Waals surface area contributed by atoms with Gasteiger partial charge in [-0.2, -0.15) is 24.4 Å². The van der Waals surface area contributed by atoms with Crippen LogP contribution in [0.2, 0.25) is 0 Å². The number of hydrogen-bond donors (Lipinski definition) is 20. The number of ether oxygens (including phenoxy) is 1. The first-order chi connectivity index (χ1) is 55.8. The Balaban J connectivity index is 1.53. The van der Waals surface area contributed by atoms with E-state index in [-0.39, 0.29) is 131 Å². The summed E-state index contributed by atoms with van der Waals surface area (Å²) in [7, 11) is 1.37. The molecule has 1 fully saturated rings. The normalized spacial score (nSPS) is 15.1. The molecule has 12 atom stereocenters. The van der Waals surface area contributed by atoms with Gasteiger partial charge in [-0.05, 0) is 112 Å². The van der Waals surface area contributed by atoms with Crippen LogP contribution in [0.3, 0.4) is 0 Å². The van der Waals surface area contributed by atoms with Gasteiger partial charge in [0.2, 0.25) is 65.0 Å². The summed E-state index contributed by atoms with van der Waals surface area (Å²) in [5.74, 6) is -18.2. The molecule has 2 aromatic carbocycles. The van der Waals surface area contributed by atoms with Gasteiger partial charge in [0.05, 0.1) is 48.9 Å². The molecule has 0 saturated carbocycles. The molecule has 45 nitrogen and oxygen atoms in total. The number of likely N-dealkylation sites (tertiary alicyclic amines) is 1. The number of fused-ring (bicyclic) bond motifs is 1. The molecule has 11 amide bonds. The molecule has 1 aromatic heterocycles. The van der Waals surface area contributed by atoms with Gasteiger partial charge in [-0.3, -0.25) is 92.5 Å². The lowest BCUT2D eigenvalue weighted by atomic mass is 9.95. The van der Waals surface area contributed by atoms with Crippen LogP contribution in [-0.2, 0) is 73.5 Å². The number of carboxylic acids is 3. The number of nitrogens with one attached hydrogen (secondary N) is 11. The van der Waals surface area contributed by atoms with Crippen LogP contribution in [0.4, 0.5) is 17.1 Å². The Labute approximate surface area is 685 Å². The van der Waals surface area contributed by atoms with Crippen molar-refractivity contribution < 1.29 is 107 Å². The minimum Gasteiger partial charge on any atom is -0.497 e. The lowest BCUT2D eigenvalue weighted by Gasteiger charge is -2.33. The number of thiol groups is 1. The first kappa shape index (κ1) is 98.2. The summed E-state index contributed by atoms with van der Waals surface area (Å²) >= 11 is 5.48. The summed E-state index contributed by atoms with van der Waals surface area (Å²) in [6, 6.07) is -9.54. The monoisotopic (exact) mass is 1700 g/mol. The molecule has 650 valence electrons. The zero-order chi connectivity index (χ0) is 88.2. The Kier molecular flexibility index (Phi) is 40.8. The van der Waals surface area contributed by atoms with Gasteiger partial charge in [-0.15, -0.1) is 0 Å². The first-order valence-corrected chi connectivity index (χ1v) is 39.4. The molecule has 1 aliphatic rings. The highest BCUT2D eigenvalue weighted by Crippen LogP contribution is 2.30. The van der Waals surface area contributed by atoms with Crippen molar-refractivity contribution in [3.8, 4) is 5.75 Å². The van der Waals surface area contributed by atoms with Crippen LogP contribution in [0, 0.1) is 32.1 Å². The Hall–Kier alpha value is -12.2. The number of aliphatic hydroxyl groups excluding tert-OH is 1. The number of unbranched alkanes of at least 4 members (excludes halogenated alkanes) is 1. The highest BCUT2D eigenvalue weighted by atomic mass is 32.2. The van der Waals surface area contributed by atoms with Gasteiger partial charge in [0.25, 0.3) is 11.4 Å². The van der Waals surface area contributed by atoms with E-state index >= 15 is 0 Å². The fraction of sp³-hybridized carbons (Fsp3) is 0.563. The van der Waals surface area contributed by atoms with Gasteiger partial charge in [0.15, 0.2) is 11.9 Å². The van der Waals surface area contributed by atoms with Gasteiger partial charge in [-0.1, -0.05) is 34.1 Å². The number of nitro groups is 2. The third-order valence-electron chi connectivity index (χ3n) is 18.6. The average molecular weight is 1700 g/mol. The van der Waals surface area contributed by atoms with Crippen LogP contribution in [0.15, 0.2) is 61.7 Å². The smallest absolute Gasteiger partial charge is 0.336 e. The number of hydrogen-bond acceptors (Lipinski definition) is 27. The van der Waals surface area contributed by atoms with E-state index in [9.17, 15) is 113 Å². The van der Waals surface area contributed by atoms with E-state index < -0.39 is 220 Å². The first-order valence-electron chi connectivity index (χ1n) is 37.4. The van der Waals surface area contributed by atoms with Crippen molar-refractivity contribution in [1.29, 1.82) is 0 Å². The standard InChI is InChI=1S/C71H104N20O25S2/c1-7-36(4)58(88-63(103)47(32-55(96)97)84-62(102)46(31-54(94)95)79-53(93)27-37-28-56(98)116-52-30-39(115-5)18-19-40(37)52)67(107)87-57(35(2)3)68(108)89-25-12-16-50(89)66(106)86-49(34-117)65(105)85-48(33-92)64(104)82-44(21-26-118-6)61(101)80-42(13-8-9-22-76-41-20-17-38(90(111)112)29-51(41)91(113)114)59(99)81-43(14-10-23-77-70(72)73)60(100)83-45(69(109)110)15-11-24-78-71(74)75/h17-20,28-30,35-36,42-50,57-58,76,92,117H,7-16,21-27,31-34H2,1-6H3,(H,79,93)(H,80,101)(H,81,99)(H,82,104)(H,83,100)(H,84,102)(H,85,105)(H,86,106)(H,87,107)(H,88,103)(H,94,95)(H,96,97)(H,109,110)(H4,72,73,77)(H4,74,75,78)/t36-,42-,43-,44-,45-,46-,47-,48-,49-,50-,57-,58-/m0/s1. The van der Waals surface area contributed by atoms with Crippen LogP contribution in [0.1, 0.15) is 117 Å². The molecule has 0 spiro atoms. The second-order valence-corrected chi connectivity index (χ2v) is 29.0. The Morgan fingerprint density at radius 2 is 1.15 bits per heavy atom. The number of carbonyl (C=O) groups is 14. The van der Waals surface area contributed by atoms with E-state index in [4.69, 9.17) is 32.1 Å². The maximum absolute atomic E-state index is 14.7.